The molecule has 3 atom stereocenters. The van der Waals surface area contributed by atoms with Crippen LogP contribution in [0.3, 0.4) is 0 Å². The van der Waals surface area contributed by atoms with Gasteiger partial charge in [-0.1, -0.05) is 6.42 Å². The first-order valence-corrected chi connectivity index (χ1v) is 10.0. The fraction of sp³-hybridized carbons (Fsp3) is 0.750. The summed E-state index contributed by atoms with van der Waals surface area (Å²) in [7, 11) is 0. The van der Waals surface area contributed by atoms with Gasteiger partial charge >= 0.3 is 0 Å². The number of ether oxygens (including phenoxy) is 1. The largest absolute Gasteiger partial charge is 0.375 e. The Bertz CT molecular complexity index is 626. The summed E-state index contributed by atoms with van der Waals surface area (Å²) >= 11 is 0. The number of rotatable bonds is 6. The van der Waals surface area contributed by atoms with E-state index in [9.17, 15) is 4.79 Å². The Morgan fingerprint density at radius 1 is 1.23 bits per heavy atom. The van der Waals surface area contributed by atoms with Crippen LogP contribution in [0.15, 0.2) is 18.5 Å². The molecular weight excluding hydrogens is 328 g/mol. The first-order chi connectivity index (χ1) is 12.6. The standard InChI is InChI=1S/C20H30N4O2/c1-19(6-3-12-26-19)13-16(25)24-17-15(5-9-20(17)7-2-8-20)14-23-18-21-10-4-11-22-18/h4,10-11,15,17H,2-3,5-9,12-14H2,1H3,(H,24,25)(H,21,22,23). The Balaban J connectivity index is 1.39. The number of nitrogens with zero attached hydrogens (tertiary/aromatic N) is 2. The first kappa shape index (κ1) is 17.7. The molecule has 3 unspecified atom stereocenters. The van der Waals surface area contributed by atoms with Gasteiger partial charge in [-0.2, -0.15) is 0 Å². The van der Waals surface area contributed by atoms with Gasteiger partial charge in [0.1, 0.15) is 0 Å². The summed E-state index contributed by atoms with van der Waals surface area (Å²) in [5.74, 6) is 1.24. The Morgan fingerprint density at radius 3 is 2.69 bits per heavy atom. The number of nitrogens with one attached hydrogen (secondary N) is 2. The van der Waals surface area contributed by atoms with Crippen molar-refractivity contribution in [3.63, 3.8) is 0 Å². The summed E-state index contributed by atoms with van der Waals surface area (Å²) in [6, 6.07) is 2.07. The van der Waals surface area contributed by atoms with E-state index in [1.807, 2.05) is 6.07 Å². The molecule has 6 heteroatoms. The van der Waals surface area contributed by atoms with Crippen molar-refractivity contribution in [1.29, 1.82) is 0 Å². The number of aromatic nitrogens is 2. The maximum Gasteiger partial charge on any atom is 0.223 e. The molecule has 6 nitrogen and oxygen atoms in total. The number of carbonyl (C=O) groups is 1. The van der Waals surface area contributed by atoms with E-state index in [0.717, 1.165) is 32.4 Å². The van der Waals surface area contributed by atoms with Crippen LogP contribution in [0, 0.1) is 11.3 Å². The molecular formula is C20H30N4O2. The van der Waals surface area contributed by atoms with Gasteiger partial charge in [-0.25, -0.2) is 9.97 Å². The lowest BCUT2D eigenvalue weighted by molar-refractivity contribution is -0.128. The highest BCUT2D eigenvalue weighted by Crippen LogP contribution is 2.55. The van der Waals surface area contributed by atoms with E-state index < -0.39 is 0 Å². The van der Waals surface area contributed by atoms with Gasteiger partial charge in [0.25, 0.3) is 0 Å². The van der Waals surface area contributed by atoms with Crippen LogP contribution < -0.4 is 10.6 Å². The van der Waals surface area contributed by atoms with Crippen molar-refractivity contribution in [1.82, 2.24) is 15.3 Å². The molecule has 2 aliphatic carbocycles. The van der Waals surface area contributed by atoms with Crippen molar-refractivity contribution in [2.75, 3.05) is 18.5 Å². The maximum absolute atomic E-state index is 12.8. The molecule has 1 saturated heterocycles. The summed E-state index contributed by atoms with van der Waals surface area (Å²) in [4.78, 5) is 21.3. The van der Waals surface area contributed by atoms with Gasteiger partial charge in [-0.05, 0) is 62.8 Å². The zero-order valence-electron chi connectivity index (χ0n) is 15.7. The monoisotopic (exact) mass is 358 g/mol. The Kier molecular flexibility index (Phi) is 4.86. The zero-order chi connectivity index (χ0) is 18.0. The molecule has 1 spiro atoms. The Morgan fingerprint density at radius 2 is 2.04 bits per heavy atom. The minimum absolute atomic E-state index is 0.147. The normalized spacial score (nSPS) is 32.3. The molecule has 3 aliphatic rings. The van der Waals surface area contributed by atoms with Gasteiger partial charge in [-0.3, -0.25) is 4.79 Å². The molecule has 3 fully saturated rings. The average Bonchev–Trinajstić information content (AvgIpc) is 3.18. The van der Waals surface area contributed by atoms with Crippen molar-refractivity contribution >= 4 is 11.9 Å². The van der Waals surface area contributed by atoms with Crippen molar-refractivity contribution in [3.05, 3.63) is 18.5 Å². The Labute approximate surface area is 155 Å². The Hall–Kier alpha value is -1.69. The highest BCUT2D eigenvalue weighted by Gasteiger charge is 2.52. The molecule has 2 saturated carbocycles. The van der Waals surface area contributed by atoms with E-state index in [1.54, 1.807) is 12.4 Å². The minimum Gasteiger partial charge on any atom is -0.375 e. The van der Waals surface area contributed by atoms with Crippen LogP contribution in [0.1, 0.15) is 58.3 Å². The molecule has 2 N–H and O–H groups in total. The first-order valence-electron chi connectivity index (χ1n) is 10.0. The molecule has 142 valence electrons. The third-order valence-corrected chi connectivity index (χ3v) is 6.73. The molecule has 0 aromatic carbocycles. The lowest BCUT2D eigenvalue weighted by Gasteiger charge is -2.45. The SMILES string of the molecule is CC1(CC(=O)NC2C(CNc3ncccn3)CCC23CCC3)CCCO1. The topological polar surface area (TPSA) is 76.1 Å². The van der Waals surface area contributed by atoms with Crippen LogP contribution in [0.5, 0.6) is 0 Å². The maximum atomic E-state index is 12.8. The van der Waals surface area contributed by atoms with Gasteiger partial charge < -0.3 is 15.4 Å². The second-order valence-corrected chi connectivity index (χ2v) is 8.59. The van der Waals surface area contributed by atoms with E-state index in [2.05, 4.69) is 27.5 Å². The summed E-state index contributed by atoms with van der Waals surface area (Å²) in [5.41, 5.74) is 0.0398. The van der Waals surface area contributed by atoms with Crippen molar-refractivity contribution in [3.8, 4) is 0 Å². The van der Waals surface area contributed by atoms with Crippen LogP contribution in [-0.4, -0.2) is 40.7 Å². The average molecular weight is 358 g/mol. The number of anilines is 1. The number of hydrogen-bond acceptors (Lipinski definition) is 5. The quantitative estimate of drug-likeness (QED) is 0.818. The number of carbonyl (C=O) groups excluding carboxylic acids is 1. The highest BCUT2D eigenvalue weighted by atomic mass is 16.5. The fourth-order valence-corrected chi connectivity index (χ4v) is 5.13. The molecule has 1 aliphatic heterocycles. The third-order valence-electron chi connectivity index (χ3n) is 6.73. The van der Waals surface area contributed by atoms with Gasteiger partial charge in [0.05, 0.1) is 12.0 Å². The molecule has 4 rings (SSSR count). The van der Waals surface area contributed by atoms with Crippen LogP contribution >= 0.6 is 0 Å². The summed E-state index contributed by atoms with van der Waals surface area (Å²) in [6.07, 6.45) is 12.1. The molecule has 1 aromatic heterocycles. The molecule has 26 heavy (non-hydrogen) atoms. The minimum atomic E-state index is -0.277. The molecule has 0 radical (unpaired) electrons. The van der Waals surface area contributed by atoms with E-state index in [1.165, 1.54) is 25.7 Å². The number of amides is 1. The van der Waals surface area contributed by atoms with Crippen molar-refractivity contribution in [2.45, 2.75) is 69.9 Å². The summed E-state index contributed by atoms with van der Waals surface area (Å²) in [5, 5.41) is 6.77. The van der Waals surface area contributed by atoms with Gasteiger partial charge in [0, 0.05) is 31.6 Å². The lowest BCUT2D eigenvalue weighted by atomic mass is 9.64. The van der Waals surface area contributed by atoms with E-state index >= 15 is 0 Å². The summed E-state index contributed by atoms with van der Waals surface area (Å²) < 4.78 is 5.81. The van der Waals surface area contributed by atoms with Crippen molar-refractivity contribution < 1.29 is 9.53 Å². The second-order valence-electron chi connectivity index (χ2n) is 8.59. The molecule has 2 heterocycles. The third kappa shape index (κ3) is 3.56. The van der Waals surface area contributed by atoms with Crippen LogP contribution in [0.2, 0.25) is 0 Å². The van der Waals surface area contributed by atoms with E-state index in [4.69, 9.17) is 4.74 Å². The molecule has 1 amide bonds. The van der Waals surface area contributed by atoms with E-state index in [-0.39, 0.29) is 17.6 Å². The van der Waals surface area contributed by atoms with Gasteiger partial charge in [0.15, 0.2) is 0 Å². The molecule has 1 aromatic rings. The zero-order valence-corrected chi connectivity index (χ0v) is 15.7. The van der Waals surface area contributed by atoms with Crippen LogP contribution in [0.25, 0.3) is 0 Å². The van der Waals surface area contributed by atoms with E-state index in [0.29, 0.717) is 23.7 Å². The van der Waals surface area contributed by atoms with Crippen molar-refractivity contribution in [2.24, 2.45) is 11.3 Å². The highest BCUT2D eigenvalue weighted by molar-refractivity contribution is 5.77. The van der Waals surface area contributed by atoms with Crippen LogP contribution in [0.4, 0.5) is 5.95 Å². The lowest BCUT2D eigenvalue weighted by Crippen LogP contribution is -2.52. The molecule has 0 bridgehead atoms. The van der Waals surface area contributed by atoms with Gasteiger partial charge in [0.2, 0.25) is 11.9 Å². The number of hydrogen-bond donors (Lipinski definition) is 2. The predicted molar refractivity (Wildman–Crippen MR) is 99.7 cm³/mol. The second kappa shape index (κ2) is 7.14. The van der Waals surface area contributed by atoms with Gasteiger partial charge in [-0.15, -0.1) is 0 Å². The fourth-order valence-electron chi connectivity index (χ4n) is 5.13. The predicted octanol–water partition coefficient (Wildman–Crippen LogP) is 2.91. The summed E-state index contributed by atoms with van der Waals surface area (Å²) in [6.45, 7) is 3.66. The van der Waals surface area contributed by atoms with Crippen LogP contribution in [-0.2, 0) is 9.53 Å². The smallest absolute Gasteiger partial charge is 0.223 e.